The van der Waals surface area contributed by atoms with Gasteiger partial charge in [-0.15, -0.1) is 0 Å². The number of anilines is 1. The van der Waals surface area contributed by atoms with E-state index in [9.17, 15) is 8.42 Å². The molecule has 22 heavy (non-hydrogen) atoms. The Labute approximate surface area is 131 Å². The minimum Gasteiger partial charge on any atom is -0.399 e. The van der Waals surface area contributed by atoms with Crippen molar-refractivity contribution in [3.8, 4) is 0 Å². The van der Waals surface area contributed by atoms with Gasteiger partial charge in [-0.25, -0.2) is 8.42 Å². The Kier molecular flexibility index (Phi) is 3.93. The molecule has 0 saturated carbocycles. The number of aryl methyl sites for hydroxylation is 1. The van der Waals surface area contributed by atoms with Gasteiger partial charge in [0.15, 0.2) is 0 Å². The molecule has 0 radical (unpaired) electrons. The Morgan fingerprint density at radius 2 is 1.59 bits per heavy atom. The molecule has 0 amide bonds. The van der Waals surface area contributed by atoms with Crippen LogP contribution in [0.2, 0.25) is 0 Å². The first kappa shape index (κ1) is 15.1. The summed E-state index contributed by atoms with van der Waals surface area (Å²) >= 11 is 0. The molecule has 0 fully saturated rings. The van der Waals surface area contributed by atoms with Crippen LogP contribution in [0.5, 0.6) is 0 Å². The van der Waals surface area contributed by atoms with Crippen molar-refractivity contribution in [1.29, 1.82) is 0 Å². The normalized spacial score (nSPS) is 16.0. The van der Waals surface area contributed by atoms with Crippen LogP contribution in [-0.4, -0.2) is 25.8 Å². The molecule has 2 aromatic rings. The maximum Gasteiger partial charge on any atom is 0.243 e. The van der Waals surface area contributed by atoms with E-state index in [1.807, 2.05) is 37.3 Å². The Morgan fingerprint density at radius 1 is 0.955 bits per heavy atom. The minimum atomic E-state index is -3.43. The summed E-state index contributed by atoms with van der Waals surface area (Å²) in [5.41, 5.74) is 9.96. The zero-order valence-electron chi connectivity index (χ0n) is 12.6. The monoisotopic (exact) mass is 316 g/mol. The van der Waals surface area contributed by atoms with E-state index in [4.69, 9.17) is 5.73 Å². The molecule has 2 N–H and O–H groups in total. The topological polar surface area (TPSA) is 63.4 Å². The molecule has 1 aliphatic heterocycles. The van der Waals surface area contributed by atoms with E-state index in [1.165, 1.54) is 5.56 Å². The summed E-state index contributed by atoms with van der Waals surface area (Å²) in [5.74, 6) is 0. The quantitative estimate of drug-likeness (QED) is 0.865. The first-order chi connectivity index (χ1) is 10.5. The summed E-state index contributed by atoms with van der Waals surface area (Å²) in [4.78, 5) is 0.364. The number of nitrogens with two attached hydrogens (primary N) is 1. The van der Waals surface area contributed by atoms with Crippen LogP contribution in [0.4, 0.5) is 5.69 Å². The first-order valence-electron chi connectivity index (χ1n) is 7.41. The first-order valence-corrected chi connectivity index (χ1v) is 8.85. The largest absolute Gasteiger partial charge is 0.399 e. The summed E-state index contributed by atoms with van der Waals surface area (Å²) in [6, 6.07) is 12.9. The number of nitrogen functional groups attached to an aromatic ring is 1. The van der Waals surface area contributed by atoms with Crippen LogP contribution in [0, 0.1) is 6.92 Å². The van der Waals surface area contributed by atoms with E-state index in [-0.39, 0.29) is 0 Å². The van der Waals surface area contributed by atoms with Gasteiger partial charge in [0.25, 0.3) is 0 Å². The molecule has 0 spiro atoms. The van der Waals surface area contributed by atoms with Gasteiger partial charge < -0.3 is 5.73 Å². The lowest BCUT2D eigenvalue weighted by molar-refractivity contribution is 0.426. The molecular weight excluding hydrogens is 296 g/mol. The molecule has 0 aromatic heterocycles. The summed E-state index contributed by atoms with van der Waals surface area (Å²) in [6.45, 7) is 2.95. The van der Waals surface area contributed by atoms with Crippen molar-refractivity contribution in [1.82, 2.24) is 4.31 Å². The van der Waals surface area contributed by atoms with Crippen LogP contribution in [0.1, 0.15) is 16.7 Å². The second kappa shape index (κ2) is 5.74. The molecule has 5 heteroatoms. The highest BCUT2D eigenvalue weighted by molar-refractivity contribution is 7.89. The predicted octanol–water partition coefficient (Wildman–Crippen LogP) is 2.37. The lowest BCUT2D eigenvalue weighted by atomic mass is 10.0. The predicted molar refractivity (Wildman–Crippen MR) is 88.2 cm³/mol. The fourth-order valence-electron chi connectivity index (χ4n) is 2.82. The molecule has 2 aromatic carbocycles. The number of nitrogens with zero attached hydrogens (tertiary/aromatic N) is 1. The number of rotatable bonds is 2. The van der Waals surface area contributed by atoms with E-state index >= 15 is 0 Å². The fraction of sp³-hybridized carbons (Fsp3) is 0.294. The van der Waals surface area contributed by atoms with Crippen molar-refractivity contribution in [2.24, 2.45) is 0 Å². The standard InChI is InChI=1S/C17H20N2O2S/c1-13-2-6-17(7-3-13)22(20,21)19-10-8-14-4-5-16(18)12-15(14)9-11-19/h2-7,12H,8-11,18H2,1H3. The Balaban J connectivity index is 1.86. The van der Waals surface area contributed by atoms with Gasteiger partial charge in [-0.1, -0.05) is 23.8 Å². The van der Waals surface area contributed by atoms with Crippen molar-refractivity contribution >= 4 is 15.7 Å². The van der Waals surface area contributed by atoms with Crippen LogP contribution < -0.4 is 5.73 Å². The molecule has 4 nitrogen and oxygen atoms in total. The number of fused-ring (bicyclic) bond motifs is 1. The van der Waals surface area contributed by atoms with Crippen LogP contribution in [0.3, 0.4) is 0 Å². The summed E-state index contributed by atoms with van der Waals surface area (Å²) < 4.78 is 27.1. The third kappa shape index (κ3) is 2.87. The molecule has 0 bridgehead atoms. The van der Waals surface area contributed by atoms with Crippen molar-refractivity contribution in [2.45, 2.75) is 24.7 Å². The summed E-state index contributed by atoms with van der Waals surface area (Å²) in [7, 11) is -3.43. The van der Waals surface area contributed by atoms with E-state index < -0.39 is 10.0 Å². The van der Waals surface area contributed by atoms with Crippen LogP contribution in [-0.2, 0) is 22.9 Å². The highest BCUT2D eigenvalue weighted by Gasteiger charge is 2.26. The van der Waals surface area contributed by atoms with Gasteiger partial charge in [0.1, 0.15) is 0 Å². The van der Waals surface area contributed by atoms with E-state index in [0.717, 1.165) is 23.2 Å². The zero-order chi connectivity index (χ0) is 15.7. The highest BCUT2D eigenvalue weighted by atomic mass is 32.2. The second-order valence-electron chi connectivity index (χ2n) is 5.75. The molecule has 3 rings (SSSR count). The maximum atomic E-state index is 12.8. The van der Waals surface area contributed by atoms with Gasteiger partial charge in [0.2, 0.25) is 10.0 Å². The molecule has 0 aliphatic carbocycles. The highest BCUT2D eigenvalue weighted by Crippen LogP contribution is 2.23. The van der Waals surface area contributed by atoms with E-state index in [2.05, 4.69) is 0 Å². The minimum absolute atomic E-state index is 0.364. The molecule has 1 aliphatic rings. The Morgan fingerprint density at radius 3 is 2.27 bits per heavy atom. The van der Waals surface area contributed by atoms with Gasteiger partial charge in [0, 0.05) is 18.8 Å². The van der Waals surface area contributed by atoms with E-state index in [1.54, 1.807) is 16.4 Å². The SMILES string of the molecule is Cc1ccc(S(=O)(=O)N2CCc3ccc(N)cc3CC2)cc1. The van der Waals surface area contributed by atoms with Crippen molar-refractivity contribution in [2.75, 3.05) is 18.8 Å². The lowest BCUT2D eigenvalue weighted by Gasteiger charge is -2.20. The van der Waals surface area contributed by atoms with Crippen molar-refractivity contribution in [3.63, 3.8) is 0 Å². The molecule has 116 valence electrons. The number of hydrogen-bond acceptors (Lipinski definition) is 3. The molecule has 0 unspecified atom stereocenters. The fourth-order valence-corrected chi connectivity index (χ4v) is 4.27. The zero-order valence-corrected chi connectivity index (χ0v) is 13.4. The second-order valence-corrected chi connectivity index (χ2v) is 7.68. The molecule has 1 heterocycles. The third-order valence-corrected chi connectivity index (χ3v) is 6.06. The molecule has 0 atom stereocenters. The average Bonchev–Trinajstić information content (AvgIpc) is 2.70. The summed E-state index contributed by atoms with van der Waals surface area (Å²) in [6.07, 6.45) is 1.42. The maximum absolute atomic E-state index is 12.8. The number of hydrogen-bond donors (Lipinski definition) is 1. The Hall–Kier alpha value is -1.85. The van der Waals surface area contributed by atoms with Crippen molar-refractivity contribution in [3.05, 3.63) is 59.2 Å². The van der Waals surface area contributed by atoms with Gasteiger partial charge in [-0.2, -0.15) is 4.31 Å². The lowest BCUT2D eigenvalue weighted by Crippen LogP contribution is -2.33. The van der Waals surface area contributed by atoms with Gasteiger partial charge in [-0.3, -0.25) is 0 Å². The molecule has 0 saturated heterocycles. The number of sulfonamides is 1. The van der Waals surface area contributed by atoms with Crippen LogP contribution >= 0.6 is 0 Å². The van der Waals surface area contributed by atoms with Crippen LogP contribution in [0.15, 0.2) is 47.4 Å². The average molecular weight is 316 g/mol. The van der Waals surface area contributed by atoms with Gasteiger partial charge in [-0.05, 0) is 55.2 Å². The third-order valence-electron chi connectivity index (χ3n) is 4.15. The molecular formula is C17H20N2O2S. The Bertz CT molecular complexity index is 783. The summed E-state index contributed by atoms with van der Waals surface area (Å²) in [5, 5.41) is 0. The smallest absolute Gasteiger partial charge is 0.243 e. The van der Waals surface area contributed by atoms with Crippen molar-refractivity contribution < 1.29 is 8.42 Å². The number of benzene rings is 2. The van der Waals surface area contributed by atoms with E-state index in [0.29, 0.717) is 24.4 Å². The van der Waals surface area contributed by atoms with Gasteiger partial charge >= 0.3 is 0 Å². The van der Waals surface area contributed by atoms with Gasteiger partial charge in [0.05, 0.1) is 4.90 Å². The van der Waals surface area contributed by atoms with Crippen LogP contribution in [0.25, 0.3) is 0 Å².